The summed E-state index contributed by atoms with van der Waals surface area (Å²) in [5.74, 6) is 0.830. The Labute approximate surface area is 128 Å². The molecule has 18 heavy (non-hydrogen) atoms. The topological polar surface area (TPSA) is 21.3 Å². The van der Waals surface area contributed by atoms with E-state index in [-0.39, 0.29) is 0 Å². The molecule has 0 bridgehead atoms. The lowest BCUT2D eigenvalue weighted by molar-refractivity contribution is 0.412. The molecule has 0 saturated heterocycles. The van der Waals surface area contributed by atoms with Crippen molar-refractivity contribution in [1.29, 1.82) is 0 Å². The van der Waals surface area contributed by atoms with E-state index in [1.807, 2.05) is 12.1 Å². The fraction of sp³-hybridized carbons (Fsp3) is 0.231. The van der Waals surface area contributed by atoms with Crippen molar-refractivity contribution in [2.24, 2.45) is 0 Å². The molecule has 0 amide bonds. The van der Waals surface area contributed by atoms with Gasteiger partial charge in [0.05, 0.1) is 17.3 Å². The maximum absolute atomic E-state index is 5.29. The van der Waals surface area contributed by atoms with Crippen LogP contribution in [0, 0.1) is 0 Å². The SMILES string of the molecule is COc1cc(NCCc2cccs2)c(Br)cc1Br. The molecule has 0 atom stereocenters. The van der Waals surface area contributed by atoms with E-state index in [9.17, 15) is 0 Å². The highest BCUT2D eigenvalue weighted by Gasteiger charge is 2.06. The minimum Gasteiger partial charge on any atom is -0.495 e. The predicted octanol–water partition coefficient (Wildman–Crippen LogP) is 4.94. The van der Waals surface area contributed by atoms with E-state index in [1.54, 1.807) is 18.4 Å². The predicted molar refractivity (Wildman–Crippen MR) is 84.9 cm³/mol. The van der Waals surface area contributed by atoms with E-state index < -0.39 is 0 Å². The number of thiophene rings is 1. The van der Waals surface area contributed by atoms with Gasteiger partial charge in [0.15, 0.2) is 0 Å². The zero-order valence-corrected chi connectivity index (χ0v) is 13.9. The third kappa shape index (κ3) is 3.49. The Kier molecular flexibility index (Phi) is 5.09. The summed E-state index contributed by atoms with van der Waals surface area (Å²) in [5, 5.41) is 5.52. The van der Waals surface area contributed by atoms with Gasteiger partial charge in [0, 0.05) is 22.0 Å². The van der Waals surface area contributed by atoms with E-state index in [0.717, 1.165) is 33.3 Å². The number of nitrogens with one attached hydrogen (secondary N) is 1. The molecule has 0 aliphatic heterocycles. The van der Waals surface area contributed by atoms with Crippen LogP contribution in [-0.4, -0.2) is 13.7 Å². The summed E-state index contributed by atoms with van der Waals surface area (Å²) in [7, 11) is 1.67. The summed E-state index contributed by atoms with van der Waals surface area (Å²) in [4.78, 5) is 1.39. The maximum Gasteiger partial charge on any atom is 0.135 e. The number of methoxy groups -OCH3 is 1. The number of benzene rings is 1. The van der Waals surface area contributed by atoms with Gasteiger partial charge in [0.1, 0.15) is 5.75 Å². The minimum absolute atomic E-state index is 0.830. The molecule has 1 heterocycles. The smallest absolute Gasteiger partial charge is 0.135 e. The summed E-state index contributed by atoms with van der Waals surface area (Å²) < 4.78 is 7.26. The number of halogens is 2. The number of hydrogen-bond acceptors (Lipinski definition) is 3. The second-order valence-corrected chi connectivity index (χ2v) is 6.46. The molecule has 1 aromatic carbocycles. The van der Waals surface area contributed by atoms with Crippen molar-refractivity contribution < 1.29 is 4.74 Å². The highest BCUT2D eigenvalue weighted by atomic mass is 79.9. The van der Waals surface area contributed by atoms with Gasteiger partial charge in [-0.05, 0) is 55.8 Å². The Morgan fingerprint density at radius 1 is 1.28 bits per heavy atom. The largest absolute Gasteiger partial charge is 0.495 e. The summed E-state index contributed by atoms with van der Waals surface area (Å²) >= 11 is 8.79. The van der Waals surface area contributed by atoms with Gasteiger partial charge in [-0.2, -0.15) is 0 Å². The molecule has 1 aromatic heterocycles. The molecule has 0 aliphatic rings. The van der Waals surface area contributed by atoms with Gasteiger partial charge in [-0.25, -0.2) is 0 Å². The summed E-state index contributed by atoms with van der Waals surface area (Å²) in [6.45, 7) is 0.907. The second-order valence-electron chi connectivity index (χ2n) is 3.72. The average molecular weight is 391 g/mol. The number of rotatable bonds is 5. The van der Waals surface area contributed by atoms with E-state index >= 15 is 0 Å². The van der Waals surface area contributed by atoms with Crippen molar-refractivity contribution in [2.75, 3.05) is 19.0 Å². The first-order chi connectivity index (χ1) is 8.70. The normalized spacial score (nSPS) is 10.4. The van der Waals surface area contributed by atoms with Crippen LogP contribution >= 0.6 is 43.2 Å². The van der Waals surface area contributed by atoms with Crippen LogP contribution in [0.2, 0.25) is 0 Å². The first-order valence-corrected chi connectivity index (χ1v) is 7.96. The van der Waals surface area contributed by atoms with Crippen LogP contribution in [0.4, 0.5) is 5.69 Å². The van der Waals surface area contributed by atoms with Gasteiger partial charge >= 0.3 is 0 Å². The van der Waals surface area contributed by atoms with Crippen LogP contribution in [0.15, 0.2) is 38.6 Å². The molecule has 2 nitrogen and oxygen atoms in total. The highest BCUT2D eigenvalue weighted by molar-refractivity contribution is 9.11. The highest BCUT2D eigenvalue weighted by Crippen LogP contribution is 2.34. The zero-order chi connectivity index (χ0) is 13.0. The van der Waals surface area contributed by atoms with E-state index in [2.05, 4.69) is 54.7 Å². The molecule has 0 fully saturated rings. The van der Waals surface area contributed by atoms with Gasteiger partial charge < -0.3 is 10.1 Å². The fourth-order valence-corrected chi connectivity index (χ4v) is 3.60. The van der Waals surface area contributed by atoms with E-state index in [1.165, 1.54) is 4.88 Å². The molecule has 1 N–H and O–H groups in total. The van der Waals surface area contributed by atoms with Crippen LogP contribution in [-0.2, 0) is 6.42 Å². The fourth-order valence-electron chi connectivity index (χ4n) is 1.60. The summed E-state index contributed by atoms with van der Waals surface area (Å²) in [6, 6.07) is 8.22. The third-order valence-corrected chi connectivity index (χ3v) is 4.72. The summed E-state index contributed by atoms with van der Waals surface area (Å²) in [5.41, 5.74) is 1.05. The monoisotopic (exact) mass is 389 g/mol. The van der Waals surface area contributed by atoms with Crippen LogP contribution in [0.3, 0.4) is 0 Å². The lowest BCUT2D eigenvalue weighted by Gasteiger charge is -2.11. The Morgan fingerprint density at radius 3 is 2.78 bits per heavy atom. The van der Waals surface area contributed by atoms with Crippen LogP contribution in [0.25, 0.3) is 0 Å². The van der Waals surface area contributed by atoms with E-state index in [4.69, 9.17) is 4.74 Å². The van der Waals surface area contributed by atoms with Crippen molar-refractivity contribution >= 4 is 48.9 Å². The molecular formula is C13H13Br2NOS. The van der Waals surface area contributed by atoms with Gasteiger partial charge in [0.25, 0.3) is 0 Å². The van der Waals surface area contributed by atoms with Crippen molar-refractivity contribution in [3.63, 3.8) is 0 Å². The summed E-state index contributed by atoms with van der Waals surface area (Å²) in [6.07, 6.45) is 1.03. The Bertz CT molecular complexity index is 514. The molecular weight excluding hydrogens is 378 g/mol. The molecule has 0 radical (unpaired) electrons. The molecule has 2 rings (SSSR count). The van der Waals surface area contributed by atoms with Crippen LogP contribution < -0.4 is 10.1 Å². The molecule has 5 heteroatoms. The average Bonchev–Trinajstić information content (AvgIpc) is 2.85. The Hall–Kier alpha value is -0.520. The van der Waals surface area contributed by atoms with Crippen molar-refractivity contribution in [1.82, 2.24) is 0 Å². The molecule has 0 aliphatic carbocycles. The number of anilines is 1. The first kappa shape index (κ1) is 13.9. The standard InChI is InChI=1S/C13H13Br2NOS/c1-17-13-8-12(10(14)7-11(13)15)16-5-4-9-3-2-6-18-9/h2-3,6-8,16H,4-5H2,1H3. The Morgan fingerprint density at radius 2 is 2.11 bits per heavy atom. The van der Waals surface area contributed by atoms with Crippen molar-refractivity contribution in [3.05, 3.63) is 43.5 Å². The molecule has 96 valence electrons. The molecule has 0 saturated carbocycles. The third-order valence-electron chi connectivity index (χ3n) is 2.51. The van der Waals surface area contributed by atoms with Crippen LogP contribution in [0.5, 0.6) is 5.75 Å². The van der Waals surface area contributed by atoms with Crippen molar-refractivity contribution in [2.45, 2.75) is 6.42 Å². The molecule has 0 unspecified atom stereocenters. The minimum atomic E-state index is 0.830. The van der Waals surface area contributed by atoms with Gasteiger partial charge in [-0.3, -0.25) is 0 Å². The van der Waals surface area contributed by atoms with Crippen molar-refractivity contribution in [3.8, 4) is 5.75 Å². The maximum atomic E-state index is 5.29. The molecule has 0 spiro atoms. The lowest BCUT2D eigenvalue weighted by Crippen LogP contribution is -2.04. The number of hydrogen-bond donors (Lipinski definition) is 1. The van der Waals surface area contributed by atoms with Gasteiger partial charge in [-0.15, -0.1) is 11.3 Å². The van der Waals surface area contributed by atoms with Gasteiger partial charge in [-0.1, -0.05) is 6.07 Å². The van der Waals surface area contributed by atoms with E-state index in [0.29, 0.717) is 0 Å². The Balaban J connectivity index is 2.00. The molecule has 2 aromatic rings. The second kappa shape index (κ2) is 6.59. The zero-order valence-electron chi connectivity index (χ0n) is 9.87. The number of ether oxygens (including phenoxy) is 1. The van der Waals surface area contributed by atoms with Crippen LogP contribution in [0.1, 0.15) is 4.88 Å². The quantitative estimate of drug-likeness (QED) is 0.780. The lowest BCUT2D eigenvalue weighted by atomic mass is 10.3. The first-order valence-electron chi connectivity index (χ1n) is 5.50. The van der Waals surface area contributed by atoms with Gasteiger partial charge in [0.2, 0.25) is 0 Å².